The number of halogens is 1. The lowest BCUT2D eigenvalue weighted by Gasteiger charge is -2.28. The van der Waals surface area contributed by atoms with Crippen LogP contribution in [-0.4, -0.2) is 4.57 Å². The summed E-state index contributed by atoms with van der Waals surface area (Å²) in [4.78, 5) is 2.40. The van der Waals surface area contributed by atoms with Crippen LogP contribution in [0.25, 0.3) is 170 Å². The summed E-state index contributed by atoms with van der Waals surface area (Å²) in [6.07, 6.45) is 0. The number of benzene rings is 20. The maximum Gasteiger partial charge on any atom is 0.135 e. The third kappa shape index (κ3) is 12.1. The van der Waals surface area contributed by atoms with Crippen LogP contribution >= 0.6 is 15.9 Å². The van der Waals surface area contributed by atoms with E-state index in [1.165, 1.54) is 165 Å². The average Bonchev–Trinajstić information content (AvgIpc) is 1.56. The molecule has 0 saturated heterocycles. The van der Waals surface area contributed by atoms with Crippen LogP contribution in [0.1, 0.15) is 72.6 Å². The van der Waals surface area contributed by atoms with Gasteiger partial charge in [0.2, 0.25) is 0 Å². The van der Waals surface area contributed by atoms with Crippen LogP contribution in [0.2, 0.25) is 0 Å². The number of rotatable bonds is 9. The molecule has 1 N–H and O–H groups in total. The zero-order valence-electron chi connectivity index (χ0n) is 69.4. The Kier molecular flexibility index (Phi) is 17.2. The van der Waals surface area contributed by atoms with E-state index in [1.54, 1.807) is 0 Å². The molecule has 26 rings (SSSR count). The Morgan fingerprint density at radius 1 is 0.288 bits per heavy atom. The van der Waals surface area contributed by atoms with Gasteiger partial charge in [-0.1, -0.05) is 335 Å². The van der Waals surface area contributed by atoms with Crippen molar-refractivity contribution in [1.29, 1.82) is 0 Å². The molecule has 125 heavy (non-hydrogen) atoms. The lowest BCUT2D eigenvalue weighted by Crippen LogP contribution is -2.16. The maximum absolute atomic E-state index is 6.28. The summed E-state index contributed by atoms with van der Waals surface area (Å²) < 4.78 is 15.7. The minimum Gasteiger partial charge on any atom is -0.456 e. The van der Waals surface area contributed by atoms with Gasteiger partial charge in [0.05, 0.1) is 11.0 Å². The highest BCUT2D eigenvalue weighted by molar-refractivity contribution is 9.10. The molecule has 3 aliphatic carbocycles. The van der Waals surface area contributed by atoms with Crippen molar-refractivity contribution in [3.05, 3.63) is 456 Å². The molecule has 3 heterocycles. The Labute approximate surface area is 733 Å². The minimum absolute atomic E-state index is 0.00827. The van der Waals surface area contributed by atoms with E-state index in [-0.39, 0.29) is 16.7 Å². The highest BCUT2D eigenvalue weighted by Gasteiger charge is 2.38. The summed E-state index contributed by atoms with van der Waals surface area (Å²) >= 11 is 3.53. The fraction of sp³-hybridized carbons (Fsp3) is 0.0588. The quantitative estimate of drug-likeness (QED) is 0.156. The van der Waals surface area contributed by atoms with Crippen molar-refractivity contribution < 1.29 is 8.83 Å². The van der Waals surface area contributed by atoms with Crippen LogP contribution in [0.3, 0.4) is 0 Å². The van der Waals surface area contributed by atoms with Crippen LogP contribution in [0.5, 0.6) is 0 Å². The number of hydrogen-bond donors (Lipinski definition) is 1. The van der Waals surface area contributed by atoms with Crippen molar-refractivity contribution in [3.8, 4) is 61.3 Å². The Bertz CT molecular complexity index is 8150. The van der Waals surface area contributed by atoms with Crippen molar-refractivity contribution >= 4 is 153 Å². The lowest BCUT2D eigenvalue weighted by molar-refractivity contribution is 0.660. The fourth-order valence-corrected chi connectivity index (χ4v) is 21.2. The molecule has 0 aliphatic heterocycles. The molecule has 3 aromatic heterocycles. The number of nitrogens with one attached hydrogen (secondary N) is 1. The van der Waals surface area contributed by atoms with Crippen LogP contribution in [0, 0.1) is 0 Å². The van der Waals surface area contributed by atoms with Crippen LogP contribution in [0.4, 0.5) is 28.4 Å². The predicted molar refractivity (Wildman–Crippen MR) is 529 cm³/mol. The van der Waals surface area contributed by atoms with E-state index in [4.69, 9.17) is 8.83 Å². The lowest BCUT2D eigenvalue weighted by atomic mass is 9.82. The van der Waals surface area contributed by atoms with E-state index in [0.717, 1.165) is 76.8 Å². The van der Waals surface area contributed by atoms with E-state index < -0.39 is 0 Å². The number of furan rings is 2. The van der Waals surface area contributed by atoms with Gasteiger partial charge >= 0.3 is 0 Å². The van der Waals surface area contributed by atoms with Crippen LogP contribution in [0.15, 0.2) is 426 Å². The van der Waals surface area contributed by atoms with E-state index in [2.05, 4.69) is 441 Å². The summed E-state index contributed by atoms with van der Waals surface area (Å²) in [5.41, 5.74) is 35.2. The molecule has 0 radical (unpaired) electrons. The highest BCUT2D eigenvalue weighted by atomic mass is 79.9. The smallest absolute Gasteiger partial charge is 0.135 e. The second-order valence-corrected chi connectivity index (χ2v) is 35.6. The van der Waals surface area contributed by atoms with Gasteiger partial charge in [-0.15, -0.1) is 0 Å². The van der Waals surface area contributed by atoms with Gasteiger partial charge in [-0.05, 0) is 259 Å². The van der Waals surface area contributed by atoms with Crippen LogP contribution in [-0.2, 0) is 10.8 Å². The van der Waals surface area contributed by atoms with E-state index in [0.29, 0.717) is 0 Å². The normalized spacial score (nSPS) is 13.3. The third-order valence-electron chi connectivity index (χ3n) is 27.0. The van der Waals surface area contributed by atoms with Gasteiger partial charge in [0.25, 0.3) is 0 Å². The molecule has 0 spiro atoms. The third-order valence-corrected chi connectivity index (χ3v) is 27.6. The van der Waals surface area contributed by atoms with E-state index >= 15 is 0 Å². The number of aromatic nitrogens is 1. The number of nitrogens with zero attached hydrogens (tertiary/aromatic N) is 2. The Morgan fingerprint density at radius 2 is 0.664 bits per heavy atom. The Balaban J connectivity index is 0.000000117. The summed E-state index contributed by atoms with van der Waals surface area (Å²) in [5, 5.41) is 21.1. The zero-order chi connectivity index (χ0) is 83.3. The van der Waals surface area contributed by atoms with Crippen molar-refractivity contribution in [2.45, 2.75) is 44.4 Å². The molecular formula is C119H82BrN3O2. The Morgan fingerprint density at radius 3 is 1.22 bits per heavy atom. The SMILES string of the molecule is Brc1ccc(-c2ccc(-n3c4ccc5ccccc5c4c4c5ccccc5ccc43)cc2)cc1.CC1(C)c2ccccc2-c2ccc(N(c3ccc(-c4ccc(C5c6ccc7ccccc7c6-c6c5ccc5ccccc65)cc4)cc3)c3ccc4oc5ccccc5c4c3)cc21.CC1(C)c2ccccc2-c2ccc(Nc3ccc4oc5ccccc5c4c3)cc21. The molecule has 3 aliphatic rings. The van der Waals surface area contributed by atoms with E-state index in [9.17, 15) is 0 Å². The van der Waals surface area contributed by atoms with Gasteiger partial charge in [0.1, 0.15) is 22.3 Å². The van der Waals surface area contributed by atoms with Crippen molar-refractivity contribution in [2.24, 2.45) is 0 Å². The first-order valence-corrected chi connectivity index (χ1v) is 44.0. The molecular weight excluding hydrogens is 1580 g/mol. The molecule has 6 heteroatoms. The summed E-state index contributed by atoms with van der Waals surface area (Å²) in [6.45, 7) is 9.32. The molecule has 0 bridgehead atoms. The van der Waals surface area contributed by atoms with E-state index in [1.807, 2.05) is 30.3 Å². The second-order valence-electron chi connectivity index (χ2n) is 34.7. The van der Waals surface area contributed by atoms with Crippen LogP contribution < -0.4 is 10.2 Å². The average molecular weight is 1670 g/mol. The molecule has 0 amide bonds. The molecule has 0 fully saturated rings. The van der Waals surface area contributed by atoms with Gasteiger partial charge in [-0.25, -0.2) is 0 Å². The maximum atomic E-state index is 6.28. The van der Waals surface area contributed by atoms with Crippen molar-refractivity contribution in [3.63, 3.8) is 0 Å². The number of fused-ring (bicyclic) bond motifs is 26. The van der Waals surface area contributed by atoms with Gasteiger partial charge < -0.3 is 23.6 Å². The first-order chi connectivity index (χ1) is 61.4. The molecule has 0 atom stereocenters. The molecule has 20 aromatic carbocycles. The van der Waals surface area contributed by atoms with Gasteiger partial charge in [-0.2, -0.15) is 0 Å². The van der Waals surface area contributed by atoms with Gasteiger partial charge in [-0.3, -0.25) is 0 Å². The topological polar surface area (TPSA) is 46.5 Å². The highest BCUT2D eigenvalue weighted by Crippen LogP contribution is 2.56. The largest absolute Gasteiger partial charge is 0.456 e. The molecule has 0 saturated carbocycles. The standard InChI is InChI=1S/C60H41NO.C32H20BrN.C27H21NO/c1-60(2)53-17-9-7-15-47(53)48-33-29-44(36-54(48)60)61(43-30-34-56-52(35-43)49-16-8-10-18-55(49)62-56)42-27-23-38(24-28-42)37-19-21-41(22-20-37)57-50-31-25-39-11-3-5-13-45(39)58(50)59-46-14-6-4-12-40(46)26-32-51(57)59;33-25-15-9-21(10-16-25)22-11-17-26(18-12-22)34-29-19-13-23-5-1-3-7-27(23)31(29)32-28-8-4-2-6-24(28)14-20-30(32)34;1-27(2)23-9-5-3-7-19(23)20-13-11-18(16-24(20)27)28-17-12-14-26-22(15-17)21-8-4-6-10-25(21)29-26/h3-36,57H,1-2H3;1-20H;3-16,28H,1-2H3. The summed E-state index contributed by atoms with van der Waals surface area (Å²) in [7, 11) is 0. The second kappa shape index (κ2) is 29.1. The fourth-order valence-electron chi connectivity index (χ4n) is 21.0. The number of hydrogen-bond acceptors (Lipinski definition) is 4. The first kappa shape index (κ1) is 73.8. The van der Waals surface area contributed by atoms with Gasteiger partial charge in [0.15, 0.2) is 0 Å². The molecule has 23 aromatic rings. The Hall–Kier alpha value is -15.1. The molecule has 592 valence electrons. The molecule has 0 unspecified atom stereocenters. The number of para-hydroxylation sites is 2. The van der Waals surface area contributed by atoms with Gasteiger partial charge in [0, 0.05) is 87.7 Å². The minimum atomic E-state index is -0.113. The number of anilines is 5. The van der Waals surface area contributed by atoms with Crippen molar-refractivity contribution in [2.75, 3.05) is 10.2 Å². The monoisotopic (exact) mass is 1660 g/mol. The van der Waals surface area contributed by atoms with Crippen molar-refractivity contribution in [1.82, 2.24) is 4.57 Å². The zero-order valence-corrected chi connectivity index (χ0v) is 71.0. The summed E-state index contributed by atoms with van der Waals surface area (Å²) in [6, 6.07) is 150. The first-order valence-electron chi connectivity index (χ1n) is 43.2. The molecule has 5 nitrogen and oxygen atoms in total. The summed E-state index contributed by atoms with van der Waals surface area (Å²) in [5.74, 6) is 0.161. The predicted octanol–water partition coefficient (Wildman–Crippen LogP) is 33.7.